The van der Waals surface area contributed by atoms with Crippen molar-refractivity contribution in [1.82, 2.24) is 9.78 Å². The quantitative estimate of drug-likeness (QED) is 0.611. The van der Waals surface area contributed by atoms with Crippen molar-refractivity contribution in [2.24, 2.45) is 0 Å². The fourth-order valence-corrected chi connectivity index (χ4v) is 2.64. The van der Waals surface area contributed by atoms with E-state index >= 15 is 0 Å². The first kappa shape index (κ1) is 19.3. The molecule has 0 atom stereocenters. The van der Waals surface area contributed by atoms with Crippen LogP contribution in [0.15, 0.2) is 59.4 Å². The average Bonchev–Trinajstić information content (AvgIpc) is 2.68. The van der Waals surface area contributed by atoms with E-state index in [0.29, 0.717) is 11.3 Å². The average molecular weight is 382 g/mol. The number of hydrogen-bond acceptors (Lipinski definition) is 5. The Morgan fingerprint density at radius 3 is 2.57 bits per heavy atom. The highest BCUT2D eigenvalue weighted by Gasteiger charge is 2.20. The number of carbonyl (C=O) groups is 1. The van der Waals surface area contributed by atoms with E-state index in [1.165, 1.54) is 6.07 Å². The van der Waals surface area contributed by atoms with Crippen molar-refractivity contribution < 1.29 is 18.7 Å². The predicted molar refractivity (Wildman–Crippen MR) is 101 cm³/mol. The summed E-state index contributed by atoms with van der Waals surface area (Å²) in [6, 6.07) is 14.4. The monoisotopic (exact) mass is 382 g/mol. The second kappa shape index (κ2) is 8.47. The summed E-state index contributed by atoms with van der Waals surface area (Å²) in [6.45, 7) is 3.47. The van der Waals surface area contributed by atoms with Crippen molar-refractivity contribution in [2.75, 3.05) is 6.61 Å². The number of aryl methyl sites for hydroxylation is 1. The van der Waals surface area contributed by atoms with E-state index in [4.69, 9.17) is 9.47 Å². The molecular weight excluding hydrogens is 363 g/mol. The Kier molecular flexibility index (Phi) is 5.84. The maximum atomic E-state index is 13.8. The van der Waals surface area contributed by atoms with Crippen LogP contribution in [0, 0.1) is 12.7 Å². The molecular formula is C21H19FN2O4. The summed E-state index contributed by atoms with van der Waals surface area (Å²) >= 11 is 0. The van der Waals surface area contributed by atoms with Gasteiger partial charge in [-0.05, 0) is 31.5 Å². The Labute approximate surface area is 161 Å². The third-order valence-electron chi connectivity index (χ3n) is 4.05. The number of hydrogen-bond donors (Lipinski definition) is 0. The van der Waals surface area contributed by atoms with Gasteiger partial charge in [0.05, 0.1) is 18.4 Å². The van der Waals surface area contributed by atoms with E-state index in [9.17, 15) is 14.0 Å². The number of rotatable bonds is 6. The first-order chi connectivity index (χ1) is 13.5. The zero-order chi connectivity index (χ0) is 20.1. The highest BCUT2D eigenvalue weighted by Crippen LogP contribution is 2.19. The zero-order valence-electron chi connectivity index (χ0n) is 15.5. The number of para-hydroxylation sites is 1. The topological polar surface area (TPSA) is 70.4 Å². The van der Waals surface area contributed by atoms with Crippen molar-refractivity contribution in [3.05, 3.63) is 87.6 Å². The molecule has 0 bridgehead atoms. The van der Waals surface area contributed by atoms with E-state index < -0.39 is 17.3 Å². The summed E-state index contributed by atoms with van der Waals surface area (Å²) in [7, 11) is 0. The molecule has 3 aromatic rings. The lowest BCUT2D eigenvalue weighted by Crippen LogP contribution is -2.25. The van der Waals surface area contributed by atoms with E-state index in [1.807, 2.05) is 19.1 Å². The molecule has 1 heterocycles. The van der Waals surface area contributed by atoms with E-state index in [1.54, 1.807) is 37.3 Å². The number of nitrogens with zero attached hydrogens (tertiary/aromatic N) is 2. The Hall–Kier alpha value is -3.48. The molecule has 28 heavy (non-hydrogen) atoms. The Balaban J connectivity index is 2.03. The second-order valence-corrected chi connectivity index (χ2v) is 5.99. The Bertz CT molecular complexity index is 1060. The van der Waals surface area contributed by atoms with Gasteiger partial charge < -0.3 is 9.47 Å². The van der Waals surface area contributed by atoms with Gasteiger partial charge >= 0.3 is 5.97 Å². The molecule has 0 aliphatic rings. The van der Waals surface area contributed by atoms with Gasteiger partial charge in [0.2, 0.25) is 5.69 Å². The van der Waals surface area contributed by atoms with Gasteiger partial charge in [0.25, 0.3) is 5.56 Å². The molecule has 0 radical (unpaired) electrons. The van der Waals surface area contributed by atoms with Crippen LogP contribution in [0.1, 0.15) is 28.5 Å². The van der Waals surface area contributed by atoms with Crippen LogP contribution in [0.25, 0.3) is 5.69 Å². The first-order valence-corrected chi connectivity index (χ1v) is 8.75. The molecule has 0 aliphatic heterocycles. The minimum Gasteiger partial charge on any atom is -0.486 e. The summed E-state index contributed by atoms with van der Waals surface area (Å²) in [6.07, 6.45) is 0. The molecule has 0 saturated carbocycles. The molecule has 0 aliphatic carbocycles. The molecule has 0 saturated heterocycles. The van der Waals surface area contributed by atoms with Gasteiger partial charge in [0.1, 0.15) is 12.4 Å². The van der Waals surface area contributed by atoms with Gasteiger partial charge in [-0.25, -0.2) is 9.18 Å². The minimum absolute atomic E-state index is 0.0588. The number of halogens is 1. The van der Waals surface area contributed by atoms with Crippen molar-refractivity contribution in [3.63, 3.8) is 0 Å². The summed E-state index contributed by atoms with van der Waals surface area (Å²) in [4.78, 5) is 25.0. The fraction of sp³-hybridized carbons (Fsp3) is 0.190. The first-order valence-electron chi connectivity index (χ1n) is 8.75. The Morgan fingerprint density at radius 2 is 1.86 bits per heavy atom. The number of esters is 1. The highest BCUT2D eigenvalue weighted by molar-refractivity contribution is 5.90. The van der Waals surface area contributed by atoms with Gasteiger partial charge in [-0.1, -0.05) is 36.4 Å². The van der Waals surface area contributed by atoms with Crippen LogP contribution < -0.4 is 10.3 Å². The molecule has 2 aromatic carbocycles. The second-order valence-electron chi connectivity index (χ2n) is 5.99. The number of carbonyl (C=O) groups excluding carboxylic acids is 1. The maximum Gasteiger partial charge on any atom is 0.362 e. The molecule has 144 valence electrons. The molecule has 7 heteroatoms. The van der Waals surface area contributed by atoms with Gasteiger partial charge in [-0.2, -0.15) is 9.78 Å². The molecule has 0 fully saturated rings. The van der Waals surface area contributed by atoms with Crippen LogP contribution in [0.3, 0.4) is 0 Å². The summed E-state index contributed by atoms with van der Waals surface area (Å²) in [5, 5.41) is 4.17. The molecule has 3 rings (SSSR count). The van der Waals surface area contributed by atoms with Crippen LogP contribution in [0.4, 0.5) is 4.39 Å². The van der Waals surface area contributed by atoms with E-state index in [-0.39, 0.29) is 24.7 Å². The summed E-state index contributed by atoms with van der Waals surface area (Å²) in [5.41, 5.74) is 1.01. The molecule has 0 spiro atoms. The maximum absolute atomic E-state index is 13.8. The zero-order valence-corrected chi connectivity index (χ0v) is 15.5. The lowest BCUT2D eigenvalue weighted by Gasteiger charge is -2.13. The minimum atomic E-state index is -0.728. The largest absolute Gasteiger partial charge is 0.486 e. The number of benzene rings is 2. The molecule has 6 nitrogen and oxygen atoms in total. The van der Waals surface area contributed by atoms with Crippen molar-refractivity contribution >= 4 is 5.97 Å². The third-order valence-corrected chi connectivity index (χ3v) is 4.05. The lowest BCUT2D eigenvalue weighted by molar-refractivity contribution is 0.0511. The third kappa shape index (κ3) is 4.09. The molecule has 0 N–H and O–H groups in total. The van der Waals surface area contributed by atoms with Gasteiger partial charge in [-0.15, -0.1) is 0 Å². The fourth-order valence-electron chi connectivity index (χ4n) is 2.64. The SMILES string of the molecule is CCOC(=O)c1nn(-c2ccccc2C)c(=O)cc1OCc1ccccc1F. The number of aromatic nitrogens is 2. The van der Waals surface area contributed by atoms with E-state index in [2.05, 4.69) is 5.10 Å². The Morgan fingerprint density at radius 1 is 1.14 bits per heavy atom. The normalized spacial score (nSPS) is 10.5. The highest BCUT2D eigenvalue weighted by atomic mass is 19.1. The smallest absolute Gasteiger partial charge is 0.362 e. The number of ether oxygens (including phenoxy) is 2. The van der Waals surface area contributed by atoms with Crippen LogP contribution >= 0.6 is 0 Å². The summed E-state index contributed by atoms with van der Waals surface area (Å²) < 4.78 is 25.5. The van der Waals surface area contributed by atoms with Gasteiger partial charge in [-0.3, -0.25) is 4.79 Å². The molecule has 0 amide bonds. The molecule has 1 aromatic heterocycles. The van der Waals surface area contributed by atoms with E-state index in [0.717, 1.165) is 16.3 Å². The van der Waals surface area contributed by atoms with Crippen LogP contribution in [0.2, 0.25) is 0 Å². The molecule has 0 unspecified atom stereocenters. The van der Waals surface area contributed by atoms with Crippen LogP contribution in [-0.4, -0.2) is 22.4 Å². The van der Waals surface area contributed by atoms with Gasteiger partial charge in [0, 0.05) is 5.56 Å². The van der Waals surface area contributed by atoms with Gasteiger partial charge in [0.15, 0.2) is 5.75 Å². The predicted octanol–water partition coefficient (Wildman–Crippen LogP) is 3.44. The van der Waals surface area contributed by atoms with Crippen molar-refractivity contribution in [1.29, 1.82) is 0 Å². The lowest BCUT2D eigenvalue weighted by atomic mass is 10.2. The standard InChI is InChI=1S/C21H19FN2O4/c1-3-27-21(26)20-18(28-13-15-9-5-6-10-16(15)22)12-19(25)24(23-20)17-11-7-4-8-14(17)2/h4-12H,3,13H2,1-2H3. The van der Waals surface area contributed by atoms with Crippen LogP contribution in [0.5, 0.6) is 5.75 Å². The van der Waals surface area contributed by atoms with Crippen molar-refractivity contribution in [3.8, 4) is 11.4 Å². The summed E-state index contributed by atoms with van der Waals surface area (Å²) in [5.74, 6) is -1.23. The van der Waals surface area contributed by atoms with Crippen LogP contribution in [-0.2, 0) is 11.3 Å². The van der Waals surface area contributed by atoms with Crippen molar-refractivity contribution in [2.45, 2.75) is 20.5 Å².